The molecule has 4 fully saturated rings. The summed E-state index contributed by atoms with van der Waals surface area (Å²) in [4.78, 5) is 148. The lowest BCUT2D eigenvalue weighted by atomic mass is 9.89. The Bertz CT molecular complexity index is 3660. The maximum absolute atomic E-state index is 14.3. The molecule has 6 aliphatic rings. The standard InChI is InChI=1S/C70H74N12O10/c83-61(73-37-39-25-47-31-49(27-39)69(91)81-57-19-3-1-17-55(57)79-65(87)43-11-5-9-41(29-43)63(85)75-51-13-7-15-53(35-51)77-67(47)89)45-21-23-71-59(33-45)60-34-46(22-24-72-60)62(84)74-38-40-26-48-32-50(28-40)70(92)82-58-20-4-2-18-56(58)80-66(88)44-12-6-10-42(30-44)64(86)76-52-14-8-16-54(36-52)78-68(48)90/h5-6,9-12,21-34,51-58H,1-4,7-8,13-20,35-38H2,(H,73,83)(H,74,84)(H,75,85)(H,76,86)(H,77,89)(H,78,90)(H,79,87)(H,80,88)(H,81,91)(H,82,92)/t51?,52?,53?,54?,55?,56?,57-,58-/m1/s1. The highest BCUT2D eigenvalue weighted by molar-refractivity contribution is 6.04. The SMILES string of the molecule is O=C(NCc1cc2cc(c1)C(=O)N[C@@H]1CCCCC1NC(=O)c1cccc(c1)C(=O)NC1CCCC(C1)NC2=O)c1ccnc(-c2cc(C(=O)NCc3cc4cc(c3)C(=O)N[C@@H]3CCCCC3NC(=O)c3cccc(c3)C(=O)NC3CCCC(C3)NC4=O)ccn2)c1. The molecule has 0 radical (unpaired) electrons. The van der Waals surface area contributed by atoms with E-state index in [0.29, 0.717) is 97.6 Å². The first-order chi connectivity index (χ1) is 44.6. The number of amides is 10. The highest BCUT2D eigenvalue weighted by Crippen LogP contribution is 2.27. The van der Waals surface area contributed by atoms with Gasteiger partial charge in [-0.05, 0) is 185 Å². The molecular weight excluding hydrogens is 1170 g/mol. The van der Waals surface area contributed by atoms with Gasteiger partial charge in [-0.15, -0.1) is 0 Å². The minimum atomic E-state index is -0.501. The smallest absolute Gasteiger partial charge is 0.251 e. The third-order valence-corrected chi connectivity index (χ3v) is 18.5. The Morgan fingerprint density at radius 2 is 0.620 bits per heavy atom. The predicted molar refractivity (Wildman–Crippen MR) is 339 cm³/mol. The van der Waals surface area contributed by atoms with Crippen LogP contribution in [0.3, 0.4) is 0 Å². The molecule has 8 atom stereocenters. The van der Waals surface area contributed by atoms with Crippen LogP contribution in [0.25, 0.3) is 11.4 Å². The van der Waals surface area contributed by atoms with Crippen molar-refractivity contribution in [3.05, 3.63) is 188 Å². The van der Waals surface area contributed by atoms with Crippen molar-refractivity contribution in [2.75, 3.05) is 0 Å². The van der Waals surface area contributed by atoms with Crippen LogP contribution >= 0.6 is 0 Å². The van der Waals surface area contributed by atoms with Crippen LogP contribution < -0.4 is 53.2 Å². The fourth-order valence-electron chi connectivity index (χ4n) is 13.6. The number of nitrogens with one attached hydrogen (secondary N) is 10. The number of hydrogen-bond acceptors (Lipinski definition) is 12. The molecule has 0 saturated heterocycles. The van der Waals surface area contributed by atoms with Crippen LogP contribution in [-0.2, 0) is 13.1 Å². The van der Waals surface area contributed by atoms with Crippen LogP contribution in [0.5, 0.6) is 0 Å². The summed E-state index contributed by atoms with van der Waals surface area (Å²) >= 11 is 0. The molecule has 4 saturated carbocycles. The largest absolute Gasteiger partial charge is 0.349 e. The zero-order chi connectivity index (χ0) is 63.8. The zero-order valence-corrected chi connectivity index (χ0v) is 50.9. The van der Waals surface area contributed by atoms with Gasteiger partial charge in [0.25, 0.3) is 59.1 Å². The Morgan fingerprint density at radius 1 is 0.337 bits per heavy atom. The van der Waals surface area contributed by atoms with Gasteiger partial charge in [0, 0.05) is 129 Å². The quantitative estimate of drug-likeness (QED) is 0.0818. The van der Waals surface area contributed by atoms with Gasteiger partial charge in [0.2, 0.25) is 0 Å². The zero-order valence-electron chi connectivity index (χ0n) is 50.9. The second-order valence-electron chi connectivity index (χ2n) is 25.1. The molecule has 6 aromatic rings. The molecule has 4 aliphatic carbocycles. The molecule has 10 N–H and O–H groups in total. The molecule has 0 spiro atoms. The normalized spacial score (nSPS) is 23.8. The van der Waals surface area contributed by atoms with E-state index >= 15 is 0 Å². The average molecular weight is 1240 g/mol. The Morgan fingerprint density at radius 3 is 0.946 bits per heavy atom. The van der Waals surface area contributed by atoms with Crippen molar-refractivity contribution in [2.45, 2.75) is 164 Å². The van der Waals surface area contributed by atoms with Crippen LogP contribution in [0.4, 0.5) is 0 Å². The highest BCUT2D eigenvalue weighted by Gasteiger charge is 2.34. The molecule has 92 heavy (non-hydrogen) atoms. The third kappa shape index (κ3) is 15.0. The minimum absolute atomic E-state index is 0.0815. The monoisotopic (exact) mass is 1240 g/mol. The van der Waals surface area contributed by atoms with E-state index in [9.17, 15) is 47.9 Å². The average Bonchev–Trinajstić information content (AvgIpc) is 1.67. The number of hydrogen-bond donors (Lipinski definition) is 10. The number of nitrogens with zero attached hydrogens (tertiary/aromatic N) is 2. The Labute approximate surface area is 531 Å². The molecule has 12 bridgehead atoms. The number of fused-ring (bicyclic) bond motifs is 14. The van der Waals surface area contributed by atoms with E-state index < -0.39 is 59.6 Å². The molecule has 12 rings (SSSR count). The molecule has 22 nitrogen and oxygen atoms in total. The minimum Gasteiger partial charge on any atom is -0.349 e. The van der Waals surface area contributed by atoms with E-state index in [2.05, 4.69) is 63.1 Å². The first kappa shape index (κ1) is 62.1. The van der Waals surface area contributed by atoms with Gasteiger partial charge in [-0.1, -0.05) is 37.8 Å². The second-order valence-corrected chi connectivity index (χ2v) is 25.1. The van der Waals surface area contributed by atoms with Crippen molar-refractivity contribution in [2.24, 2.45) is 0 Å². The van der Waals surface area contributed by atoms with Gasteiger partial charge in [-0.2, -0.15) is 0 Å². The Hall–Kier alpha value is -10.1. The molecule has 4 heterocycles. The lowest BCUT2D eigenvalue weighted by Gasteiger charge is -2.33. The summed E-state index contributed by atoms with van der Waals surface area (Å²) in [5, 5.41) is 30.7. The van der Waals surface area contributed by atoms with Gasteiger partial charge in [0.1, 0.15) is 0 Å². The van der Waals surface area contributed by atoms with Gasteiger partial charge in [-0.3, -0.25) is 57.9 Å². The molecule has 474 valence electrons. The number of benzene rings is 4. The van der Waals surface area contributed by atoms with Crippen molar-refractivity contribution in [1.29, 1.82) is 0 Å². The summed E-state index contributed by atoms with van der Waals surface area (Å²) in [6.45, 7) is -0.163. The number of carbonyl (C=O) groups is 10. The number of carbonyl (C=O) groups excluding carboxylic acids is 10. The maximum Gasteiger partial charge on any atom is 0.251 e. The van der Waals surface area contributed by atoms with Crippen LogP contribution in [0.15, 0.2) is 122 Å². The van der Waals surface area contributed by atoms with Gasteiger partial charge in [0.15, 0.2) is 0 Å². The highest BCUT2D eigenvalue weighted by atomic mass is 16.2. The van der Waals surface area contributed by atoms with Gasteiger partial charge < -0.3 is 53.2 Å². The lowest BCUT2D eigenvalue weighted by Crippen LogP contribution is -2.53. The van der Waals surface area contributed by atoms with Crippen molar-refractivity contribution in [3.8, 4) is 11.4 Å². The van der Waals surface area contributed by atoms with Gasteiger partial charge in [-0.25, -0.2) is 0 Å². The molecule has 22 heteroatoms. The van der Waals surface area contributed by atoms with E-state index in [1.165, 1.54) is 48.8 Å². The fourth-order valence-corrected chi connectivity index (χ4v) is 13.6. The first-order valence-electron chi connectivity index (χ1n) is 32.0. The van der Waals surface area contributed by atoms with E-state index in [-0.39, 0.29) is 106 Å². The topological polar surface area (TPSA) is 317 Å². The van der Waals surface area contributed by atoms with Crippen LogP contribution in [0.2, 0.25) is 0 Å². The number of pyridine rings is 2. The Kier molecular flexibility index (Phi) is 18.9. The molecule has 6 unspecified atom stereocenters. The van der Waals surface area contributed by atoms with Crippen molar-refractivity contribution >= 4 is 59.1 Å². The molecular formula is C70H74N12O10. The van der Waals surface area contributed by atoms with Crippen LogP contribution in [0, 0.1) is 0 Å². The number of rotatable bonds is 7. The van der Waals surface area contributed by atoms with E-state index in [0.717, 1.165) is 38.5 Å². The molecule has 2 aromatic heterocycles. The third-order valence-electron chi connectivity index (χ3n) is 18.5. The summed E-state index contributed by atoms with van der Waals surface area (Å²) in [5.41, 5.74) is 4.07. The molecule has 10 amide bonds. The van der Waals surface area contributed by atoms with Crippen LogP contribution in [0.1, 0.15) is 217 Å². The fraction of sp³-hybridized carbons (Fsp3) is 0.371. The summed E-state index contributed by atoms with van der Waals surface area (Å²) in [5.74, 6) is -4.07. The van der Waals surface area contributed by atoms with Gasteiger partial charge >= 0.3 is 0 Å². The second kappa shape index (κ2) is 28.0. The predicted octanol–water partition coefficient (Wildman–Crippen LogP) is 6.51. The molecule has 4 aromatic carbocycles. The van der Waals surface area contributed by atoms with Gasteiger partial charge in [0.05, 0.1) is 11.4 Å². The first-order valence-corrected chi connectivity index (χ1v) is 32.0. The van der Waals surface area contributed by atoms with E-state index in [1.54, 1.807) is 72.8 Å². The summed E-state index contributed by atoms with van der Waals surface area (Å²) in [7, 11) is 0. The van der Waals surface area contributed by atoms with E-state index in [1.807, 2.05) is 0 Å². The number of aromatic nitrogens is 2. The lowest BCUT2D eigenvalue weighted by molar-refractivity contribution is 0.0862. The summed E-state index contributed by atoms with van der Waals surface area (Å²) < 4.78 is 0. The summed E-state index contributed by atoms with van der Waals surface area (Å²) in [6, 6.07) is 26.1. The van der Waals surface area contributed by atoms with Crippen molar-refractivity contribution in [1.82, 2.24) is 63.1 Å². The van der Waals surface area contributed by atoms with Crippen molar-refractivity contribution < 1.29 is 47.9 Å². The van der Waals surface area contributed by atoms with Crippen molar-refractivity contribution in [3.63, 3.8) is 0 Å². The Balaban J connectivity index is 0.735. The maximum atomic E-state index is 14.3. The summed E-state index contributed by atoms with van der Waals surface area (Å²) in [6.07, 6.45) is 13.9. The molecule has 2 aliphatic heterocycles. The van der Waals surface area contributed by atoms with E-state index in [4.69, 9.17) is 0 Å². The van der Waals surface area contributed by atoms with Crippen LogP contribution in [-0.4, -0.2) is 117 Å².